The van der Waals surface area contributed by atoms with Crippen LogP contribution >= 0.6 is 0 Å². The Kier molecular flexibility index (Phi) is 4.77. The molecule has 1 N–H and O–H groups in total. The molecular formula is C17H20N2O2. The van der Waals surface area contributed by atoms with Gasteiger partial charge in [-0.1, -0.05) is 12.1 Å². The molecule has 1 saturated heterocycles. The first kappa shape index (κ1) is 15.3. The maximum absolute atomic E-state index is 12.6. The number of hydrogen-bond acceptors (Lipinski definition) is 3. The molecule has 1 heterocycles. The first-order valence-electron chi connectivity index (χ1n) is 7.15. The summed E-state index contributed by atoms with van der Waals surface area (Å²) in [5, 5.41) is 18.6. The van der Waals surface area contributed by atoms with E-state index in [1.165, 1.54) is 0 Å². The molecule has 1 aliphatic heterocycles. The Bertz CT molecular complexity index is 576. The largest absolute Gasteiger partial charge is 0.396 e. The number of carbonyl (C=O) groups excluding carboxylic acids is 1. The van der Waals surface area contributed by atoms with Gasteiger partial charge in [0.15, 0.2) is 0 Å². The molecule has 1 atom stereocenters. The van der Waals surface area contributed by atoms with Crippen molar-refractivity contribution in [3.63, 3.8) is 0 Å². The molecule has 4 heteroatoms. The SMILES string of the molecule is C=CC[C@@]1(CO)CCCN(C(=O)c2cccc(C#N)c2)C1. The van der Waals surface area contributed by atoms with Gasteiger partial charge in [-0.05, 0) is 37.5 Å². The van der Waals surface area contributed by atoms with Crippen LogP contribution < -0.4 is 0 Å². The minimum atomic E-state index is -0.275. The number of benzene rings is 1. The highest BCUT2D eigenvalue weighted by atomic mass is 16.3. The van der Waals surface area contributed by atoms with Crippen molar-refractivity contribution in [1.82, 2.24) is 4.90 Å². The van der Waals surface area contributed by atoms with Gasteiger partial charge in [0.2, 0.25) is 0 Å². The number of nitrogens with zero attached hydrogens (tertiary/aromatic N) is 2. The lowest BCUT2D eigenvalue weighted by molar-refractivity contribution is 0.0285. The number of allylic oxidation sites excluding steroid dienone is 1. The lowest BCUT2D eigenvalue weighted by atomic mass is 9.77. The maximum Gasteiger partial charge on any atom is 0.253 e. The van der Waals surface area contributed by atoms with Gasteiger partial charge in [0.1, 0.15) is 0 Å². The average molecular weight is 284 g/mol. The summed E-state index contributed by atoms with van der Waals surface area (Å²) < 4.78 is 0. The van der Waals surface area contributed by atoms with Crippen LogP contribution in [-0.4, -0.2) is 35.6 Å². The molecule has 0 unspecified atom stereocenters. The summed E-state index contributed by atoms with van der Waals surface area (Å²) in [6.07, 6.45) is 4.28. The summed E-state index contributed by atoms with van der Waals surface area (Å²) in [7, 11) is 0. The van der Waals surface area contributed by atoms with E-state index in [-0.39, 0.29) is 17.9 Å². The van der Waals surface area contributed by atoms with Crippen molar-refractivity contribution < 1.29 is 9.90 Å². The number of aliphatic hydroxyl groups is 1. The number of rotatable bonds is 4. The predicted molar refractivity (Wildman–Crippen MR) is 80.6 cm³/mol. The Morgan fingerprint density at radius 1 is 1.57 bits per heavy atom. The molecule has 1 fully saturated rings. The van der Waals surface area contributed by atoms with Crippen LogP contribution in [0.2, 0.25) is 0 Å². The number of hydrogen-bond donors (Lipinski definition) is 1. The number of carbonyl (C=O) groups is 1. The van der Waals surface area contributed by atoms with E-state index in [2.05, 4.69) is 6.58 Å². The first-order chi connectivity index (χ1) is 10.1. The maximum atomic E-state index is 12.6. The standard InChI is InChI=1S/C17H20N2O2/c1-2-7-17(13-20)8-4-9-19(12-17)16(21)15-6-3-5-14(10-15)11-18/h2-3,5-6,10,20H,1,4,7-9,12-13H2/t17-/m1/s1. The third kappa shape index (κ3) is 3.32. The molecule has 2 rings (SSSR count). The van der Waals surface area contributed by atoms with Gasteiger partial charge >= 0.3 is 0 Å². The van der Waals surface area contributed by atoms with Gasteiger partial charge in [-0.2, -0.15) is 5.26 Å². The minimum absolute atomic E-state index is 0.0566. The van der Waals surface area contributed by atoms with Crippen LogP contribution in [0.1, 0.15) is 35.2 Å². The van der Waals surface area contributed by atoms with E-state index < -0.39 is 0 Å². The number of amides is 1. The highest BCUT2D eigenvalue weighted by Gasteiger charge is 2.35. The molecule has 0 aromatic heterocycles. The molecule has 1 aromatic rings. The van der Waals surface area contributed by atoms with Gasteiger partial charge in [0, 0.05) is 24.1 Å². The molecule has 0 spiro atoms. The molecule has 0 aliphatic carbocycles. The third-order valence-electron chi connectivity index (χ3n) is 4.10. The first-order valence-corrected chi connectivity index (χ1v) is 7.15. The Morgan fingerprint density at radius 2 is 2.38 bits per heavy atom. The molecule has 0 saturated carbocycles. The van der Waals surface area contributed by atoms with E-state index in [0.717, 1.165) is 12.8 Å². The number of nitriles is 1. The summed E-state index contributed by atoms with van der Waals surface area (Å²) in [4.78, 5) is 14.4. The highest BCUT2D eigenvalue weighted by Crippen LogP contribution is 2.34. The zero-order valence-electron chi connectivity index (χ0n) is 12.1. The normalized spacial score (nSPS) is 21.6. The summed E-state index contributed by atoms with van der Waals surface area (Å²) >= 11 is 0. The van der Waals surface area contributed by atoms with Crippen LogP contribution in [0.4, 0.5) is 0 Å². The van der Waals surface area contributed by atoms with Crippen molar-refractivity contribution in [2.75, 3.05) is 19.7 Å². The van der Waals surface area contributed by atoms with Crippen LogP contribution in [-0.2, 0) is 0 Å². The summed E-state index contributed by atoms with van der Waals surface area (Å²) in [6.45, 7) is 5.03. The summed E-state index contributed by atoms with van der Waals surface area (Å²) in [5.41, 5.74) is 0.737. The molecule has 21 heavy (non-hydrogen) atoms. The van der Waals surface area contributed by atoms with Gasteiger partial charge in [0.05, 0.1) is 18.2 Å². The molecule has 1 amide bonds. The third-order valence-corrected chi connectivity index (χ3v) is 4.10. The zero-order valence-corrected chi connectivity index (χ0v) is 12.1. The van der Waals surface area contributed by atoms with Crippen LogP contribution in [0.15, 0.2) is 36.9 Å². The monoisotopic (exact) mass is 284 g/mol. The molecule has 1 aliphatic rings. The zero-order chi connectivity index (χ0) is 15.3. The second-order valence-electron chi connectivity index (χ2n) is 5.67. The van der Waals surface area contributed by atoms with Gasteiger partial charge in [-0.25, -0.2) is 0 Å². The summed E-state index contributed by atoms with van der Waals surface area (Å²) in [6, 6.07) is 8.80. The molecule has 0 bridgehead atoms. The Balaban J connectivity index is 2.19. The molecule has 4 nitrogen and oxygen atoms in total. The average Bonchev–Trinajstić information content (AvgIpc) is 2.54. The molecule has 110 valence electrons. The Morgan fingerprint density at radius 3 is 3.05 bits per heavy atom. The van der Waals surface area contributed by atoms with Crippen molar-refractivity contribution >= 4 is 5.91 Å². The lowest BCUT2D eigenvalue weighted by Gasteiger charge is -2.41. The van der Waals surface area contributed by atoms with Gasteiger partial charge in [0.25, 0.3) is 5.91 Å². The fourth-order valence-corrected chi connectivity index (χ4v) is 2.95. The Labute approximate surface area is 125 Å². The van der Waals surface area contributed by atoms with Gasteiger partial charge < -0.3 is 10.0 Å². The highest BCUT2D eigenvalue weighted by molar-refractivity contribution is 5.94. The second kappa shape index (κ2) is 6.55. The van der Waals surface area contributed by atoms with Crippen LogP contribution in [0, 0.1) is 16.7 Å². The van der Waals surface area contributed by atoms with E-state index in [1.54, 1.807) is 35.2 Å². The topological polar surface area (TPSA) is 64.3 Å². The predicted octanol–water partition coefficient (Wildman–Crippen LogP) is 2.35. The smallest absolute Gasteiger partial charge is 0.253 e. The van der Waals surface area contributed by atoms with Crippen molar-refractivity contribution in [2.24, 2.45) is 5.41 Å². The van der Waals surface area contributed by atoms with E-state index in [9.17, 15) is 9.90 Å². The van der Waals surface area contributed by atoms with Crippen LogP contribution in [0.3, 0.4) is 0 Å². The number of likely N-dealkylation sites (tertiary alicyclic amines) is 1. The van der Waals surface area contributed by atoms with E-state index in [4.69, 9.17) is 5.26 Å². The van der Waals surface area contributed by atoms with E-state index in [1.807, 2.05) is 6.07 Å². The molecule has 0 radical (unpaired) electrons. The quantitative estimate of drug-likeness (QED) is 0.863. The number of aliphatic hydroxyl groups excluding tert-OH is 1. The van der Waals surface area contributed by atoms with Gasteiger partial charge in [-0.3, -0.25) is 4.79 Å². The van der Waals surface area contributed by atoms with Crippen molar-refractivity contribution in [2.45, 2.75) is 19.3 Å². The van der Waals surface area contributed by atoms with Crippen molar-refractivity contribution in [3.8, 4) is 6.07 Å². The van der Waals surface area contributed by atoms with Crippen molar-refractivity contribution in [1.29, 1.82) is 5.26 Å². The van der Waals surface area contributed by atoms with E-state index in [0.29, 0.717) is 30.6 Å². The Hall–Kier alpha value is -2.12. The van der Waals surface area contributed by atoms with Crippen LogP contribution in [0.5, 0.6) is 0 Å². The van der Waals surface area contributed by atoms with E-state index >= 15 is 0 Å². The number of piperidine rings is 1. The van der Waals surface area contributed by atoms with Crippen LogP contribution in [0.25, 0.3) is 0 Å². The summed E-state index contributed by atoms with van der Waals surface area (Å²) in [5.74, 6) is -0.0753. The fourth-order valence-electron chi connectivity index (χ4n) is 2.95. The minimum Gasteiger partial charge on any atom is -0.396 e. The molecule has 1 aromatic carbocycles. The lowest BCUT2D eigenvalue weighted by Crippen LogP contribution is -2.47. The van der Waals surface area contributed by atoms with Gasteiger partial charge in [-0.15, -0.1) is 6.58 Å². The fraction of sp³-hybridized carbons (Fsp3) is 0.412. The van der Waals surface area contributed by atoms with Crippen molar-refractivity contribution in [3.05, 3.63) is 48.0 Å². The molecular weight excluding hydrogens is 264 g/mol. The second-order valence-corrected chi connectivity index (χ2v) is 5.67.